The van der Waals surface area contributed by atoms with Crippen molar-refractivity contribution in [3.63, 3.8) is 0 Å². The van der Waals surface area contributed by atoms with E-state index in [1.807, 2.05) is 57.2 Å². The molecular weight excluding hydrogens is 328 g/mol. The molecule has 0 saturated heterocycles. The zero-order valence-corrected chi connectivity index (χ0v) is 15.6. The van der Waals surface area contributed by atoms with Gasteiger partial charge in [-0.1, -0.05) is 30.3 Å². The minimum Gasteiger partial charge on any atom is -0.491 e. The number of nitrogens with zero attached hydrogens (tertiary/aromatic N) is 1. The Morgan fingerprint density at radius 1 is 1.08 bits per heavy atom. The highest BCUT2D eigenvalue weighted by atomic mass is 16.5. The van der Waals surface area contributed by atoms with Gasteiger partial charge in [0.25, 0.3) is 5.91 Å². The number of amides is 2. The van der Waals surface area contributed by atoms with Crippen LogP contribution in [0.2, 0.25) is 0 Å². The van der Waals surface area contributed by atoms with Gasteiger partial charge in [0.2, 0.25) is 5.91 Å². The lowest BCUT2D eigenvalue weighted by Gasteiger charge is -2.20. The minimum atomic E-state index is -0.624. The topological polar surface area (TPSA) is 58.6 Å². The number of nitrogens with one attached hydrogen (secondary N) is 1. The zero-order chi connectivity index (χ0) is 18.8. The van der Waals surface area contributed by atoms with E-state index in [-0.39, 0.29) is 11.8 Å². The number of ether oxygens (including phenoxy) is 1. The molecule has 1 N–H and O–H groups in total. The molecule has 0 unspecified atom stereocenters. The normalized spacial score (nSPS) is 15.8. The van der Waals surface area contributed by atoms with Crippen molar-refractivity contribution in [3.05, 3.63) is 58.7 Å². The predicted molar refractivity (Wildman–Crippen MR) is 102 cm³/mol. The van der Waals surface area contributed by atoms with E-state index in [1.54, 1.807) is 4.90 Å². The van der Waals surface area contributed by atoms with Gasteiger partial charge >= 0.3 is 0 Å². The molecule has 1 heterocycles. The fourth-order valence-corrected chi connectivity index (χ4v) is 3.45. The van der Waals surface area contributed by atoms with Crippen molar-refractivity contribution in [2.75, 3.05) is 18.1 Å². The summed E-state index contributed by atoms with van der Waals surface area (Å²) in [4.78, 5) is 26.3. The van der Waals surface area contributed by atoms with Crippen molar-refractivity contribution >= 4 is 17.5 Å². The molecule has 1 atom stereocenters. The van der Waals surface area contributed by atoms with Crippen LogP contribution >= 0.6 is 0 Å². The highest BCUT2D eigenvalue weighted by Gasteiger charge is 2.39. The molecule has 5 heteroatoms. The first kappa shape index (κ1) is 18.0. The lowest BCUT2D eigenvalue weighted by Crippen LogP contribution is -2.38. The summed E-state index contributed by atoms with van der Waals surface area (Å²) in [5.74, 6) is 0.493. The first-order valence-corrected chi connectivity index (χ1v) is 8.77. The number of carbonyl (C=O) groups excluding carboxylic acids is 2. The van der Waals surface area contributed by atoms with Gasteiger partial charge in [-0.3, -0.25) is 9.59 Å². The summed E-state index contributed by atoms with van der Waals surface area (Å²) in [5.41, 5.74) is 4.86. The number of carbonyl (C=O) groups is 2. The van der Waals surface area contributed by atoms with E-state index in [4.69, 9.17) is 4.74 Å². The van der Waals surface area contributed by atoms with Gasteiger partial charge in [0.1, 0.15) is 18.4 Å². The summed E-state index contributed by atoms with van der Waals surface area (Å²) in [5, 5.41) is 2.79. The molecule has 136 valence electrons. The highest BCUT2D eigenvalue weighted by molar-refractivity contribution is 6.07. The summed E-state index contributed by atoms with van der Waals surface area (Å²) in [7, 11) is 0. The van der Waals surface area contributed by atoms with Crippen molar-refractivity contribution in [3.8, 4) is 5.75 Å². The van der Waals surface area contributed by atoms with Gasteiger partial charge in [0, 0.05) is 12.5 Å². The molecule has 26 heavy (non-hydrogen) atoms. The SMILES string of the molecule is CC(=O)N[C@H]1C(=O)N(CCOc2ccccc2C)c2c(C)ccc(C)c21. The third kappa shape index (κ3) is 3.29. The molecule has 0 fully saturated rings. The second kappa shape index (κ2) is 7.20. The maximum absolute atomic E-state index is 13.0. The molecule has 1 aliphatic rings. The molecule has 0 bridgehead atoms. The molecular formula is C21H24N2O3. The van der Waals surface area contributed by atoms with Crippen LogP contribution in [0.3, 0.4) is 0 Å². The van der Waals surface area contributed by atoms with E-state index < -0.39 is 6.04 Å². The second-order valence-electron chi connectivity index (χ2n) is 6.70. The first-order chi connectivity index (χ1) is 12.4. The molecule has 0 aliphatic carbocycles. The van der Waals surface area contributed by atoms with Crippen LogP contribution in [-0.2, 0) is 9.59 Å². The Morgan fingerprint density at radius 2 is 1.77 bits per heavy atom. The molecule has 2 amide bonds. The fourth-order valence-electron chi connectivity index (χ4n) is 3.45. The second-order valence-corrected chi connectivity index (χ2v) is 6.70. The fraction of sp³-hybridized carbons (Fsp3) is 0.333. The van der Waals surface area contributed by atoms with E-state index in [2.05, 4.69) is 5.32 Å². The molecule has 0 aromatic heterocycles. The average Bonchev–Trinajstić information content (AvgIpc) is 2.86. The van der Waals surface area contributed by atoms with E-state index >= 15 is 0 Å². The quantitative estimate of drug-likeness (QED) is 0.899. The summed E-state index contributed by atoms with van der Waals surface area (Å²) in [6, 6.07) is 11.2. The van der Waals surface area contributed by atoms with E-state index in [9.17, 15) is 9.59 Å². The average molecular weight is 352 g/mol. The highest BCUT2D eigenvalue weighted by Crippen LogP contribution is 2.40. The Morgan fingerprint density at radius 3 is 2.46 bits per heavy atom. The maximum Gasteiger partial charge on any atom is 0.254 e. The van der Waals surface area contributed by atoms with Crippen LogP contribution in [0.25, 0.3) is 0 Å². The Bertz CT molecular complexity index is 860. The number of hydrogen-bond donors (Lipinski definition) is 1. The largest absolute Gasteiger partial charge is 0.491 e. The van der Waals surface area contributed by atoms with E-state index in [0.29, 0.717) is 13.2 Å². The molecule has 0 saturated carbocycles. The molecule has 2 aromatic carbocycles. The van der Waals surface area contributed by atoms with Gasteiger partial charge in [-0.2, -0.15) is 0 Å². The Hall–Kier alpha value is -2.82. The Kier molecular flexibility index (Phi) is 4.98. The van der Waals surface area contributed by atoms with Crippen LogP contribution in [0.1, 0.15) is 35.2 Å². The van der Waals surface area contributed by atoms with Crippen LogP contribution in [0.5, 0.6) is 5.75 Å². The Labute approximate surface area is 154 Å². The zero-order valence-electron chi connectivity index (χ0n) is 15.6. The monoisotopic (exact) mass is 352 g/mol. The minimum absolute atomic E-state index is 0.110. The summed E-state index contributed by atoms with van der Waals surface area (Å²) >= 11 is 0. The van der Waals surface area contributed by atoms with Gasteiger partial charge in [0.05, 0.1) is 12.2 Å². The summed E-state index contributed by atoms with van der Waals surface area (Å²) in [6.07, 6.45) is 0. The van der Waals surface area contributed by atoms with Crippen molar-refractivity contribution in [2.45, 2.75) is 33.7 Å². The number of anilines is 1. The van der Waals surface area contributed by atoms with E-state index in [1.165, 1.54) is 6.92 Å². The molecule has 1 aliphatic heterocycles. The van der Waals surface area contributed by atoms with Crippen LogP contribution in [-0.4, -0.2) is 25.0 Å². The molecule has 3 rings (SSSR count). The van der Waals surface area contributed by atoms with Crippen molar-refractivity contribution in [2.24, 2.45) is 0 Å². The van der Waals surface area contributed by atoms with Crippen LogP contribution < -0.4 is 15.0 Å². The molecule has 0 radical (unpaired) electrons. The summed E-state index contributed by atoms with van der Waals surface area (Å²) < 4.78 is 5.87. The maximum atomic E-state index is 13.0. The van der Waals surface area contributed by atoms with Gasteiger partial charge < -0.3 is 15.0 Å². The third-order valence-corrected chi connectivity index (χ3v) is 4.72. The van der Waals surface area contributed by atoms with Crippen molar-refractivity contribution in [1.82, 2.24) is 5.32 Å². The number of fused-ring (bicyclic) bond motifs is 1. The number of aryl methyl sites for hydroxylation is 3. The number of benzene rings is 2. The molecule has 2 aromatic rings. The van der Waals surface area contributed by atoms with Gasteiger partial charge in [-0.05, 0) is 43.5 Å². The Balaban J connectivity index is 1.84. The van der Waals surface area contributed by atoms with Gasteiger partial charge in [-0.15, -0.1) is 0 Å². The predicted octanol–water partition coefficient (Wildman–Crippen LogP) is 3.21. The standard InChI is InChI=1S/C21H24N2O3/c1-13-7-5-6-8-17(13)26-12-11-23-20-15(3)10-9-14(2)18(20)19(21(23)25)22-16(4)24/h5-10,19H,11-12H2,1-4H3,(H,22,24)/t19-/m1/s1. The first-order valence-electron chi connectivity index (χ1n) is 8.77. The van der Waals surface area contributed by atoms with Gasteiger partial charge in [0.15, 0.2) is 0 Å². The van der Waals surface area contributed by atoms with Crippen molar-refractivity contribution < 1.29 is 14.3 Å². The number of para-hydroxylation sites is 1. The van der Waals surface area contributed by atoms with Gasteiger partial charge in [-0.25, -0.2) is 0 Å². The molecule has 0 spiro atoms. The molecule has 5 nitrogen and oxygen atoms in total. The van der Waals surface area contributed by atoms with E-state index in [0.717, 1.165) is 33.7 Å². The smallest absolute Gasteiger partial charge is 0.254 e. The van der Waals surface area contributed by atoms with Crippen LogP contribution in [0, 0.1) is 20.8 Å². The lowest BCUT2D eigenvalue weighted by molar-refractivity contribution is -0.126. The van der Waals surface area contributed by atoms with Crippen LogP contribution in [0.15, 0.2) is 36.4 Å². The number of rotatable bonds is 5. The summed E-state index contributed by atoms with van der Waals surface area (Å²) in [6.45, 7) is 8.19. The van der Waals surface area contributed by atoms with Crippen molar-refractivity contribution in [1.29, 1.82) is 0 Å². The third-order valence-electron chi connectivity index (χ3n) is 4.72. The number of hydrogen-bond acceptors (Lipinski definition) is 3. The van der Waals surface area contributed by atoms with Crippen LogP contribution in [0.4, 0.5) is 5.69 Å². The lowest BCUT2D eigenvalue weighted by atomic mass is 9.99.